The van der Waals surface area contributed by atoms with Crippen molar-refractivity contribution in [3.05, 3.63) is 42.0 Å². The van der Waals surface area contributed by atoms with Crippen molar-refractivity contribution in [3.63, 3.8) is 0 Å². The number of carbonyl (C=O) groups excluding carboxylic acids is 3. The average Bonchev–Trinajstić information content (AvgIpc) is 2.85. The molecule has 1 saturated heterocycles. The standard InChI is InChI=1S/C28H44N4O4/c1-21(2)18-25(24(28(35)30-36)15-11-14-23-12-7-5-8-13-23)27(34)29-32(19-22(3)4)26(33)20-31-16-9-6-10-17-31/h5,7-8,11-14,21-22,24-25,36H,6,9-10,15-20H2,1-4H3,(H,29,34)(H,30,35)/b14-11+/t24-,25+/m0/s1. The van der Waals surface area contributed by atoms with E-state index in [2.05, 4.69) is 10.3 Å². The topological polar surface area (TPSA) is 102 Å². The van der Waals surface area contributed by atoms with Crippen molar-refractivity contribution in [2.75, 3.05) is 26.2 Å². The van der Waals surface area contributed by atoms with Crippen molar-refractivity contribution in [1.82, 2.24) is 20.8 Å². The molecule has 1 fully saturated rings. The molecule has 0 radical (unpaired) electrons. The highest BCUT2D eigenvalue weighted by Gasteiger charge is 2.35. The number of allylic oxidation sites excluding steroid dienone is 1. The van der Waals surface area contributed by atoms with Crippen LogP contribution in [0.15, 0.2) is 36.4 Å². The highest BCUT2D eigenvalue weighted by molar-refractivity contribution is 5.89. The van der Waals surface area contributed by atoms with Gasteiger partial charge in [-0.25, -0.2) is 5.48 Å². The van der Waals surface area contributed by atoms with Gasteiger partial charge in [-0.3, -0.25) is 34.9 Å². The van der Waals surface area contributed by atoms with E-state index >= 15 is 0 Å². The molecule has 8 heteroatoms. The predicted molar refractivity (Wildman–Crippen MR) is 141 cm³/mol. The third kappa shape index (κ3) is 10.1. The van der Waals surface area contributed by atoms with Crippen molar-refractivity contribution in [3.8, 4) is 0 Å². The molecule has 200 valence electrons. The molecule has 3 N–H and O–H groups in total. The first-order valence-electron chi connectivity index (χ1n) is 13.2. The van der Waals surface area contributed by atoms with E-state index in [4.69, 9.17) is 0 Å². The molecular formula is C28H44N4O4. The Kier molecular flexibility index (Phi) is 12.6. The number of benzene rings is 1. The normalized spacial score (nSPS) is 16.2. The van der Waals surface area contributed by atoms with Crippen LogP contribution in [0.3, 0.4) is 0 Å². The Morgan fingerprint density at radius 1 is 0.972 bits per heavy atom. The molecule has 36 heavy (non-hydrogen) atoms. The molecule has 0 aromatic heterocycles. The number of hydrogen-bond donors (Lipinski definition) is 3. The minimum absolute atomic E-state index is 0.135. The lowest BCUT2D eigenvalue weighted by Crippen LogP contribution is -2.54. The van der Waals surface area contributed by atoms with E-state index in [1.807, 2.05) is 70.2 Å². The number of rotatable bonds is 12. The molecule has 1 aliphatic heterocycles. The molecular weight excluding hydrogens is 456 g/mol. The monoisotopic (exact) mass is 500 g/mol. The number of hydrazine groups is 1. The average molecular weight is 501 g/mol. The van der Waals surface area contributed by atoms with Crippen LogP contribution in [-0.2, 0) is 14.4 Å². The molecule has 0 saturated carbocycles. The second kappa shape index (κ2) is 15.4. The van der Waals surface area contributed by atoms with Gasteiger partial charge in [-0.2, -0.15) is 0 Å². The molecule has 1 heterocycles. The van der Waals surface area contributed by atoms with Crippen LogP contribution < -0.4 is 10.9 Å². The lowest BCUT2D eigenvalue weighted by atomic mass is 9.82. The van der Waals surface area contributed by atoms with Crippen molar-refractivity contribution in [2.45, 2.75) is 59.8 Å². The van der Waals surface area contributed by atoms with Gasteiger partial charge in [-0.1, -0.05) is 76.6 Å². The number of piperidine rings is 1. The molecule has 8 nitrogen and oxygen atoms in total. The van der Waals surface area contributed by atoms with Crippen molar-refractivity contribution in [2.24, 2.45) is 23.7 Å². The van der Waals surface area contributed by atoms with Gasteiger partial charge >= 0.3 is 0 Å². The second-order valence-electron chi connectivity index (χ2n) is 10.6. The van der Waals surface area contributed by atoms with Crippen LogP contribution in [0.4, 0.5) is 0 Å². The van der Waals surface area contributed by atoms with Crippen molar-refractivity contribution >= 4 is 23.8 Å². The molecule has 2 rings (SSSR count). The first-order chi connectivity index (χ1) is 17.2. The summed E-state index contributed by atoms with van der Waals surface area (Å²) in [5.74, 6) is -2.33. The van der Waals surface area contributed by atoms with E-state index in [0.717, 1.165) is 31.5 Å². The Morgan fingerprint density at radius 2 is 1.64 bits per heavy atom. The number of amides is 3. The van der Waals surface area contributed by atoms with Crippen LogP contribution in [0.1, 0.15) is 65.4 Å². The van der Waals surface area contributed by atoms with E-state index in [1.54, 1.807) is 5.48 Å². The maximum absolute atomic E-state index is 13.6. The maximum Gasteiger partial charge on any atom is 0.255 e. The minimum Gasteiger partial charge on any atom is -0.294 e. The number of carbonyl (C=O) groups is 3. The summed E-state index contributed by atoms with van der Waals surface area (Å²) >= 11 is 0. The number of nitrogens with zero attached hydrogens (tertiary/aromatic N) is 2. The van der Waals surface area contributed by atoms with E-state index in [1.165, 1.54) is 11.4 Å². The summed E-state index contributed by atoms with van der Waals surface area (Å²) in [6, 6.07) is 9.69. The highest BCUT2D eigenvalue weighted by Crippen LogP contribution is 2.26. The fraction of sp³-hybridized carbons (Fsp3) is 0.607. The van der Waals surface area contributed by atoms with Crippen LogP contribution in [0.5, 0.6) is 0 Å². The number of nitrogens with one attached hydrogen (secondary N) is 2. The van der Waals surface area contributed by atoms with E-state index in [-0.39, 0.29) is 36.6 Å². The zero-order valence-electron chi connectivity index (χ0n) is 22.3. The van der Waals surface area contributed by atoms with Gasteiger partial charge in [0.1, 0.15) is 0 Å². The first kappa shape index (κ1) is 29.5. The second-order valence-corrected chi connectivity index (χ2v) is 10.6. The third-order valence-corrected chi connectivity index (χ3v) is 6.40. The van der Waals surface area contributed by atoms with Crippen molar-refractivity contribution < 1.29 is 19.6 Å². The predicted octanol–water partition coefficient (Wildman–Crippen LogP) is 3.88. The van der Waals surface area contributed by atoms with Gasteiger partial charge in [-0.05, 0) is 56.2 Å². The number of hydrogen-bond acceptors (Lipinski definition) is 5. The maximum atomic E-state index is 13.6. The fourth-order valence-electron chi connectivity index (χ4n) is 4.60. The van der Waals surface area contributed by atoms with Gasteiger partial charge in [0.25, 0.3) is 5.91 Å². The van der Waals surface area contributed by atoms with Crippen LogP contribution >= 0.6 is 0 Å². The third-order valence-electron chi connectivity index (χ3n) is 6.40. The molecule has 0 bridgehead atoms. The Morgan fingerprint density at radius 3 is 2.22 bits per heavy atom. The van der Waals surface area contributed by atoms with Gasteiger partial charge in [0, 0.05) is 6.54 Å². The summed E-state index contributed by atoms with van der Waals surface area (Å²) < 4.78 is 0. The van der Waals surface area contributed by atoms with Gasteiger partial charge in [-0.15, -0.1) is 0 Å². The van der Waals surface area contributed by atoms with Crippen molar-refractivity contribution in [1.29, 1.82) is 0 Å². The van der Waals surface area contributed by atoms with E-state index < -0.39 is 17.7 Å². The summed E-state index contributed by atoms with van der Waals surface area (Å²) in [6.45, 7) is 10.4. The molecule has 1 aromatic rings. The van der Waals surface area contributed by atoms with Crippen LogP contribution in [0, 0.1) is 23.7 Å². The molecule has 1 aliphatic rings. The summed E-state index contributed by atoms with van der Waals surface area (Å²) in [4.78, 5) is 41.5. The largest absolute Gasteiger partial charge is 0.294 e. The molecule has 2 atom stereocenters. The van der Waals surface area contributed by atoms with Crippen LogP contribution in [-0.4, -0.2) is 59.0 Å². The zero-order valence-corrected chi connectivity index (χ0v) is 22.3. The molecule has 1 aromatic carbocycles. The lowest BCUT2D eigenvalue weighted by molar-refractivity contribution is -0.148. The quantitative estimate of drug-likeness (QED) is 0.299. The SMILES string of the molecule is CC(C)C[C@@H](C(=O)NN(CC(C)C)C(=O)CN1CCCCC1)[C@H](C/C=C/c1ccccc1)C(=O)NO. The summed E-state index contributed by atoms with van der Waals surface area (Å²) in [5, 5.41) is 10.9. The number of hydroxylamine groups is 1. The zero-order chi connectivity index (χ0) is 26.5. The minimum atomic E-state index is -0.782. The summed E-state index contributed by atoms with van der Waals surface area (Å²) in [5.41, 5.74) is 5.57. The van der Waals surface area contributed by atoms with Gasteiger partial charge in [0.15, 0.2) is 0 Å². The smallest absolute Gasteiger partial charge is 0.255 e. The molecule has 0 aliphatic carbocycles. The summed E-state index contributed by atoms with van der Waals surface area (Å²) in [7, 11) is 0. The van der Waals surface area contributed by atoms with Gasteiger partial charge in [0.2, 0.25) is 11.8 Å². The lowest BCUT2D eigenvalue weighted by Gasteiger charge is -2.33. The fourth-order valence-corrected chi connectivity index (χ4v) is 4.60. The van der Waals surface area contributed by atoms with E-state index in [9.17, 15) is 19.6 Å². The Labute approximate surface area is 216 Å². The highest BCUT2D eigenvalue weighted by atomic mass is 16.5. The molecule has 0 unspecified atom stereocenters. The Balaban J connectivity index is 2.19. The van der Waals surface area contributed by atoms with Crippen LogP contribution in [0.25, 0.3) is 6.08 Å². The molecule has 0 spiro atoms. The van der Waals surface area contributed by atoms with Crippen LogP contribution in [0.2, 0.25) is 0 Å². The number of likely N-dealkylation sites (tertiary alicyclic amines) is 1. The van der Waals surface area contributed by atoms with Gasteiger partial charge in [0.05, 0.1) is 18.4 Å². The Bertz CT molecular complexity index is 850. The molecule has 3 amide bonds. The summed E-state index contributed by atoms with van der Waals surface area (Å²) in [6.07, 6.45) is 7.81. The first-order valence-corrected chi connectivity index (χ1v) is 13.2. The Hall–Kier alpha value is -2.71. The van der Waals surface area contributed by atoms with E-state index in [0.29, 0.717) is 13.0 Å². The van der Waals surface area contributed by atoms with Gasteiger partial charge < -0.3 is 0 Å².